The zero-order valence-corrected chi connectivity index (χ0v) is 11.3. The van der Waals surface area contributed by atoms with E-state index in [1.165, 1.54) is 7.11 Å². The van der Waals surface area contributed by atoms with Crippen LogP contribution in [0.4, 0.5) is 0 Å². The monoisotopic (exact) mass is 261 g/mol. The fourth-order valence-corrected chi connectivity index (χ4v) is 0.619. The van der Waals surface area contributed by atoms with Crippen LogP contribution in [0.5, 0.6) is 0 Å². The van der Waals surface area contributed by atoms with Crippen molar-refractivity contribution in [3.63, 3.8) is 0 Å². The van der Waals surface area contributed by atoms with Crippen molar-refractivity contribution in [2.75, 3.05) is 14.2 Å². The minimum absolute atomic E-state index is 0.200. The van der Waals surface area contributed by atoms with E-state index in [0.717, 1.165) is 0 Å². The van der Waals surface area contributed by atoms with Gasteiger partial charge in [-0.2, -0.15) is 10.2 Å². The van der Waals surface area contributed by atoms with Crippen molar-refractivity contribution in [1.82, 2.24) is 16.2 Å². The maximum Gasteiger partial charge on any atom is 0.277 e. The summed E-state index contributed by atoms with van der Waals surface area (Å²) in [7, 11) is 3.17. The first-order chi connectivity index (χ1) is 7.51. The van der Waals surface area contributed by atoms with Crippen LogP contribution in [0.2, 0.25) is 0 Å². The number of nitrogens with one attached hydrogen (secondary N) is 3. The molecule has 0 aliphatic heterocycles. The Bertz CT molecular complexity index is 294. The molecule has 0 fully saturated rings. The van der Waals surface area contributed by atoms with Crippen molar-refractivity contribution in [3.05, 3.63) is 0 Å². The summed E-state index contributed by atoms with van der Waals surface area (Å²) in [6.07, 6.45) is 0. The van der Waals surface area contributed by atoms with Crippen molar-refractivity contribution in [1.29, 1.82) is 0 Å². The third kappa shape index (κ3) is 6.25. The molecule has 90 valence electrons. The molecule has 0 heterocycles. The second-order valence-corrected chi connectivity index (χ2v) is 3.47. The van der Waals surface area contributed by atoms with Gasteiger partial charge in [0.2, 0.25) is 0 Å². The third-order valence-electron chi connectivity index (χ3n) is 1.58. The van der Waals surface area contributed by atoms with Crippen molar-refractivity contribution in [2.24, 2.45) is 10.2 Å². The Kier molecular flexibility index (Phi) is 7.31. The highest BCUT2D eigenvalue weighted by atomic mass is 32.1. The maximum atomic E-state index is 4.86. The van der Waals surface area contributed by atoms with Crippen LogP contribution in [0.15, 0.2) is 10.2 Å². The molecule has 0 aromatic carbocycles. The van der Waals surface area contributed by atoms with Crippen molar-refractivity contribution in [3.8, 4) is 0 Å². The lowest BCUT2D eigenvalue weighted by Gasteiger charge is -2.04. The molecular weight excluding hydrogens is 246 g/mol. The van der Waals surface area contributed by atoms with E-state index < -0.39 is 0 Å². The van der Waals surface area contributed by atoms with Gasteiger partial charge in [-0.05, 0) is 38.3 Å². The molecule has 0 radical (unpaired) electrons. The number of hydrogen-bond donors (Lipinski definition) is 3. The highest BCUT2D eigenvalue weighted by molar-refractivity contribution is 7.80. The van der Waals surface area contributed by atoms with E-state index in [9.17, 15) is 0 Å². The fourth-order valence-electron chi connectivity index (χ4n) is 0.527. The molecule has 6 nitrogen and oxygen atoms in total. The molecular formula is C8H15N5OS2. The summed E-state index contributed by atoms with van der Waals surface area (Å²) >= 11 is 9.62. The lowest BCUT2D eigenvalue weighted by Crippen LogP contribution is -2.30. The van der Waals surface area contributed by atoms with Gasteiger partial charge in [-0.3, -0.25) is 5.43 Å². The summed E-state index contributed by atoms with van der Waals surface area (Å²) in [5.41, 5.74) is 6.56. The highest BCUT2D eigenvalue weighted by Gasteiger charge is 1.98. The number of ether oxygens (including phenoxy) is 1. The van der Waals surface area contributed by atoms with Crippen LogP contribution in [0.25, 0.3) is 0 Å². The summed E-state index contributed by atoms with van der Waals surface area (Å²) in [5.74, 6) is 0. The number of hydrazone groups is 2. The second kappa shape index (κ2) is 7.94. The zero-order chi connectivity index (χ0) is 12.6. The molecule has 0 aromatic rings. The zero-order valence-electron chi connectivity index (χ0n) is 9.62. The van der Waals surface area contributed by atoms with Crippen LogP contribution in [-0.4, -0.2) is 35.9 Å². The summed E-state index contributed by atoms with van der Waals surface area (Å²) < 4.78 is 4.72. The van der Waals surface area contributed by atoms with Crippen molar-refractivity contribution in [2.45, 2.75) is 13.8 Å². The van der Waals surface area contributed by atoms with Gasteiger partial charge in [0, 0.05) is 7.05 Å². The predicted octanol–water partition coefficient (Wildman–Crippen LogP) is 0.353. The average molecular weight is 261 g/mol. The molecule has 0 saturated carbocycles. The third-order valence-corrected chi connectivity index (χ3v) is 2.13. The molecule has 0 aliphatic carbocycles. The quantitative estimate of drug-likeness (QED) is 0.387. The normalized spacial score (nSPS) is 11.8. The molecule has 0 unspecified atom stereocenters. The summed E-state index contributed by atoms with van der Waals surface area (Å²) in [5, 5.41) is 11.3. The number of methoxy groups -OCH3 is 1. The molecule has 0 rings (SSSR count). The summed E-state index contributed by atoms with van der Waals surface area (Å²) in [4.78, 5) is 0. The molecule has 3 N–H and O–H groups in total. The summed E-state index contributed by atoms with van der Waals surface area (Å²) in [6, 6.07) is 0. The molecule has 0 saturated heterocycles. The van der Waals surface area contributed by atoms with Crippen LogP contribution in [0.3, 0.4) is 0 Å². The first-order valence-corrected chi connectivity index (χ1v) is 5.23. The SMILES string of the molecule is CNC(=S)NN=C(C)C(C)=NNC(=S)OC. The van der Waals surface area contributed by atoms with Gasteiger partial charge in [-0.25, -0.2) is 5.43 Å². The average Bonchev–Trinajstić information content (AvgIpc) is 2.31. The minimum Gasteiger partial charge on any atom is -0.473 e. The Labute approximate surface area is 106 Å². The summed E-state index contributed by atoms with van der Waals surface area (Å²) in [6.45, 7) is 3.58. The smallest absolute Gasteiger partial charge is 0.277 e. The molecule has 8 heteroatoms. The van der Waals surface area contributed by atoms with E-state index in [1.807, 2.05) is 0 Å². The molecule has 0 bridgehead atoms. The van der Waals surface area contributed by atoms with Crippen LogP contribution < -0.4 is 16.2 Å². The number of nitrogens with zero attached hydrogens (tertiary/aromatic N) is 2. The molecule has 0 amide bonds. The maximum absolute atomic E-state index is 4.86. The van der Waals surface area contributed by atoms with E-state index in [0.29, 0.717) is 16.5 Å². The fraction of sp³-hybridized carbons (Fsp3) is 0.500. The van der Waals surface area contributed by atoms with Crippen LogP contribution in [0.1, 0.15) is 13.8 Å². The first-order valence-electron chi connectivity index (χ1n) is 4.42. The van der Waals surface area contributed by atoms with Crippen LogP contribution >= 0.6 is 24.4 Å². The van der Waals surface area contributed by atoms with Gasteiger partial charge in [0.1, 0.15) is 0 Å². The van der Waals surface area contributed by atoms with Gasteiger partial charge in [-0.1, -0.05) is 0 Å². The standard InChI is InChI=1S/C8H15N5OS2/c1-5(10-12-7(15)9-3)6(2)11-13-8(16)14-4/h1-4H3,(H,13,16)(H2,9,12,15). The Morgan fingerprint density at radius 2 is 1.56 bits per heavy atom. The van der Waals surface area contributed by atoms with Gasteiger partial charge in [-0.15, -0.1) is 0 Å². The van der Waals surface area contributed by atoms with Crippen molar-refractivity contribution < 1.29 is 4.74 Å². The topological polar surface area (TPSA) is 70.0 Å². The first kappa shape index (κ1) is 14.7. The number of hydrogen-bond acceptors (Lipinski definition) is 5. The van der Waals surface area contributed by atoms with Crippen LogP contribution in [-0.2, 0) is 4.74 Å². The van der Waals surface area contributed by atoms with Gasteiger partial charge in [0.15, 0.2) is 5.11 Å². The van der Waals surface area contributed by atoms with Gasteiger partial charge >= 0.3 is 0 Å². The van der Waals surface area contributed by atoms with Gasteiger partial charge in [0.25, 0.3) is 5.17 Å². The predicted molar refractivity (Wildman–Crippen MR) is 73.8 cm³/mol. The molecule has 0 aliphatic rings. The second-order valence-electron chi connectivity index (χ2n) is 2.69. The number of rotatable bonds is 3. The van der Waals surface area contributed by atoms with Gasteiger partial charge < -0.3 is 10.1 Å². The lowest BCUT2D eigenvalue weighted by atomic mass is 10.3. The number of thiocarbonyl (C=S) groups is 2. The largest absolute Gasteiger partial charge is 0.473 e. The Morgan fingerprint density at radius 1 is 1.06 bits per heavy atom. The Hall–Kier alpha value is -1.28. The van der Waals surface area contributed by atoms with E-state index >= 15 is 0 Å². The van der Waals surface area contributed by atoms with E-state index in [4.69, 9.17) is 29.2 Å². The van der Waals surface area contributed by atoms with E-state index in [-0.39, 0.29) is 5.17 Å². The molecule has 0 atom stereocenters. The Balaban J connectivity index is 4.30. The highest BCUT2D eigenvalue weighted by Crippen LogP contribution is 1.83. The van der Waals surface area contributed by atoms with Crippen molar-refractivity contribution >= 4 is 46.1 Å². The van der Waals surface area contributed by atoms with E-state index in [1.54, 1.807) is 20.9 Å². The lowest BCUT2D eigenvalue weighted by molar-refractivity contribution is 0.394. The molecule has 0 aromatic heterocycles. The van der Waals surface area contributed by atoms with E-state index in [2.05, 4.69) is 26.4 Å². The molecule has 16 heavy (non-hydrogen) atoms. The Morgan fingerprint density at radius 3 is 2.00 bits per heavy atom. The molecule has 0 spiro atoms. The minimum atomic E-state index is 0.200. The van der Waals surface area contributed by atoms with Gasteiger partial charge in [0.05, 0.1) is 18.5 Å². The van der Waals surface area contributed by atoms with Crippen LogP contribution in [0, 0.1) is 0 Å².